The lowest BCUT2D eigenvalue weighted by atomic mass is 10.1. The van der Waals surface area contributed by atoms with E-state index in [-0.39, 0.29) is 29.1 Å². The van der Waals surface area contributed by atoms with Gasteiger partial charge in [-0.15, -0.1) is 12.4 Å². The largest absolute Gasteiger partial charge is 0.341 e. The molecule has 2 N–H and O–H groups in total. The van der Waals surface area contributed by atoms with Crippen molar-refractivity contribution in [3.05, 3.63) is 25.1 Å². The minimum absolute atomic E-state index is 0. The number of nitro benzene ring substituents is 1. The predicted molar refractivity (Wildman–Crippen MR) is 113 cm³/mol. The minimum Gasteiger partial charge on any atom is -0.341 e. The van der Waals surface area contributed by atoms with Gasteiger partial charge in [0.15, 0.2) is 5.52 Å². The van der Waals surface area contributed by atoms with E-state index < -0.39 is 0 Å². The van der Waals surface area contributed by atoms with Crippen molar-refractivity contribution >= 4 is 66.9 Å². The van der Waals surface area contributed by atoms with Gasteiger partial charge in [0.25, 0.3) is 0 Å². The fourth-order valence-electron chi connectivity index (χ4n) is 3.32. The molecule has 144 valence electrons. The van der Waals surface area contributed by atoms with Crippen LogP contribution in [0.15, 0.2) is 15.0 Å². The molecule has 10 heteroatoms. The Morgan fingerprint density at radius 2 is 2.15 bits per heavy atom. The van der Waals surface area contributed by atoms with Crippen molar-refractivity contribution in [3.63, 3.8) is 0 Å². The molecule has 7 nitrogen and oxygen atoms in total. The number of hydrogen-bond acceptors (Lipinski definition) is 5. The monoisotopic (exact) mass is 509 g/mol. The van der Waals surface area contributed by atoms with Gasteiger partial charge in [0.05, 0.1) is 10.4 Å². The molecule has 2 aromatic rings. The van der Waals surface area contributed by atoms with E-state index in [1.165, 1.54) is 0 Å². The number of rotatable bonds is 4. The first kappa shape index (κ1) is 21.4. The zero-order chi connectivity index (χ0) is 18.3. The average molecular weight is 512 g/mol. The van der Waals surface area contributed by atoms with Crippen molar-refractivity contribution in [3.8, 4) is 0 Å². The van der Waals surface area contributed by atoms with Crippen LogP contribution in [0.1, 0.15) is 26.7 Å². The summed E-state index contributed by atoms with van der Waals surface area (Å²) in [6.45, 7) is 6.57. The third-order valence-electron chi connectivity index (χ3n) is 4.36. The topological polar surface area (TPSA) is 90.2 Å². The molecule has 26 heavy (non-hydrogen) atoms. The van der Waals surface area contributed by atoms with Crippen LogP contribution >= 0.6 is 44.3 Å². The van der Waals surface area contributed by atoms with Crippen molar-refractivity contribution in [2.75, 3.05) is 18.0 Å². The zero-order valence-electron chi connectivity index (χ0n) is 14.6. The Kier molecular flexibility index (Phi) is 6.92. The number of benzene rings is 1. The summed E-state index contributed by atoms with van der Waals surface area (Å²) in [6.07, 6.45) is 2.00. The smallest absolute Gasteiger partial charge is 0.312 e. The molecule has 0 radical (unpaired) electrons. The summed E-state index contributed by atoms with van der Waals surface area (Å²) in [4.78, 5) is 18.1. The molecule has 1 saturated heterocycles. The molecule has 0 saturated carbocycles. The number of fused-ring (bicyclic) bond motifs is 1. The molecule has 3 rings (SSSR count). The van der Waals surface area contributed by atoms with Crippen molar-refractivity contribution in [1.82, 2.24) is 9.55 Å². The molecule has 1 aliphatic heterocycles. The number of hydrogen-bond donors (Lipinski definition) is 1. The second-order valence-electron chi connectivity index (χ2n) is 6.91. The second kappa shape index (κ2) is 8.41. The number of halogens is 3. The van der Waals surface area contributed by atoms with Crippen LogP contribution in [-0.4, -0.2) is 33.6 Å². The third-order valence-corrected chi connectivity index (χ3v) is 6.32. The maximum atomic E-state index is 11.6. The molecule has 1 aliphatic rings. The summed E-state index contributed by atoms with van der Waals surface area (Å²) < 4.78 is 3.15. The van der Waals surface area contributed by atoms with Gasteiger partial charge in [0.1, 0.15) is 4.47 Å². The molecule has 0 spiro atoms. The maximum Gasteiger partial charge on any atom is 0.312 e. The number of nitrogens with zero attached hydrogens (tertiary/aromatic N) is 4. The molecule has 1 atom stereocenters. The van der Waals surface area contributed by atoms with E-state index in [2.05, 4.69) is 60.2 Å². The Bertz CT molecular complexity index is 827. The van der Waals surface area contributed by atoms with Gasteiger partial charge >= 0.3 is 5.69 Å². The number of nitrogens with two attached hydrogens (primary N) is 1. The predicted octanol–water partition coefficient (Wildman–Crippen LogP) is 4.47. The van der Waals surface area contributed by atoms with Crippen molar-refractivity contribution in [2.24, 2.45) is 11.7 Å². The third kappa shape index (κ3) is 4.00. The lowest BCUT2D eigenvalue weighted by Gasteiger charge is -2.32. The fraction of sp³-hybridized carbons (Fsp3) is 0.562. The first-order valence-electron chi connectivity index (χ1n) is 8.32. The highest BCUT2D eigenvalue weighted by Crippen LogP contribution is 2.40. The molecule has 0 unspecified atom stereocenters. The normalized spacial score (nSPS) is 17.6. The number of aromatic nitrogens is 2. The van der Waals surface area contributed by atoms with Gasteiger partial charge in [0, 0.05) is 30.1 Å². The lowest BCUT2D eigenvalue weighted by molar-refractivity contribution is -0.384. The van der Waals surface area contributed by atoms with Crippen LogP contribution in [0.4, 0.5) is 11.6 Å². The zero-order valence-corrected chi connectivity index (χ0v) is 18.6. The Morgan fingerprint density at radius 1 is 1.46 bits per heavy atom. The van der Waals surface area contributed by atoms with Crippen LogP contribution in [0.5, 0.6) is 0 Å². The van der Waals surface area contributed by atoms with Gasteiger partial charge < -0.3 is 15.2 Å². The van der Waals surface area contributed by atoms with Gasteiger partial charge in [-0.3, -0.25) is 10.1 Å². The molecule has 0 aliphatic carbocycles. The minimum atomic E-state index is -0.379. The van der Waals surface area contributed by atoms with Gasteiger partial charge in [-0.2, -0.15) is 0 Å². The van der Waals surface area contributed by atoms with Crippen LogP contribution in [0.25, 0.3) is 11.0 Å². The van der Waals surface area contributed by atoms with Crippen LogP contribution in [-0.2, 0) is 6.54 Å². The molecule has 2 heterocycles. The highest BCUT2D eigenvalue weighted by Gasteiger charge is 2.29. The Morgan fingerprint density at radius 3 is 2.73 bits per heavy atom. The quantitative estimate of drug-likeness (QED) is 0.483. The van der Waals surface area contributed by atoms with E-state index in [9.17, 15) is 10.1 Å². The van der Waals surface area contributed by atoms with E-state index in [0.29, 0.717) is 20.4 Å². The van der Waals surface area contributed by atoms with E-state index in [4.69, 9.17) is 5.73 Å². The number of nitro groups is 1. The van der Waals surface area contributed by atoms with Crippen LogP contribution in [0.2, 0.25) is 0 Å². The van der Waals surface area contributed by atoms with E-state index in [1.807, 2.05) is 6.07 Å². The van der Waals surface area contributed by atoms with Crippen molar-refractivity contribution in [2.45, 2.75) is 39.3 Å². The molecule has 0 amide bonds. The summed E-state index contributed by atoms with van der Waals surface area (Å²) in [6, 6.07) is 2.00. The molecular weight excluding hydrogens is 489 g/mol. The summed E-state index contributed by atoms with van der Waals surface area (Å²) in [5.41, 5.74) is 7.31. The van der Waals surface area contributed by atoms with Crippen molar-refractivity contribution < 1.29 is 4.92 Å². The SMILES string of the molecule is CC(C)Cn1c(N2CCC[C@@H](N)C2)nc2c([N+](=O)[O-])c(Br)c(Br)cc21.Cl. The highest BCUT2D eigenvalue weighted by molar-refractivity contribution is 9.13. The van der Waals surface area contributed by atoms with Crippen LogP contribution < -0.4 is 10.6 Å². The average Bonchev–Trinajstić information content (AvgIpc) is 2.85. The molecule has 1 aromatic carbocycles. The lowest BCUT2D eigenvalue weighted by Crippen LogP contribution is -2.44. The highest BCUT2D eigenvalue weighted by atomic mass is 79.9. The second-order valence-corrected chi connectivity index (χ2v) is 8.56. The van der Waals surface area contributed by atoms with E-state index in [0.717, 1.165) is 43.9 Å². The summed E-state index contributed by atoms with van der Waals surface area (Å²) in [5.74, 6) is 1.16. The standard InChI is InChI=1S/C16H21Br2N5O2.ClH/c1-9(2)7-22-12-6-11(17)13(18)15(23(24)25)14(12)20-16(22)21-5-3-4-10(19)8-21;/h6,9-10H,3-5,7-8,19H2,1-2H3;1H/t10-;/m1./s1. The molecule has 1 aromatic heterocycles. The summed E-state index contributed by atoms with van der Waals surface area (Å²) in [7, 11) is 0. The van der Waals surface area contributed by atoms with Crippen LogP contribution in [0.3, 0.4) is 0 Å². The van der Waals surface area contributed by atoms with Gasteiger partial charge in [-0.1, -0.05) is 13.8 Å². The van der Waals surface area contributed by atoms with E-state index >= 15 is 0 Å². The Balaban J connectivity index is 0.00000243. The fourth-order valence-corrected chi connectivity index (χ4v) is 4.17. The maximum absolute atomic E-state index is 11.6. The molecule has 0 bridgehead atoms. The Labute approximate surface area is 175 Å². The Hall–Kier alpha value is -0.900. The molecule has 1 fully saturated rings. The summed E-state index contributed by atoms with van der Waals surface area (Å²) >= 11 is 6.75. The first-order chi connectivity index (χ1) is 11.8. The number of anilines is 1. The number of imidazole rings is 1. The van der Waals surface area contributed by atoms with Crippen LogP contribution in [0, 0.1) is 16.0 Å². The van der Waals surface area contributed by atoms with Crippen molar-refractivity contribution in [1.29, 1.82) is 0 Å². The van der Waals surface area contributed by atoms with Gasteiger partial charge in [-0.25, -0.2) is 4.98 Å². The van der Waals surface area contributed by atoms with Gasteiger partial charge in [-0.05, 0) is 56.7 Å². The van der Waals surface area contributed by atoms with E-state index in [1.54, 1.807) is 0 Å². The first-order valence-corrected chi connectivity index (χ1v) is 9.91. The summed E-state index contributed by atoms with van der Waals surface area (Å²) in [5, 5.41) is 11.6. The molecular formula is C16H22Br2ClN5O2. The van der Waals surface area contributed by atoms with Gasteiger partial charge in [0.2, 0.25) is 5.95 Å². The number of piperidine rings is 1.